The number of aromatic nitrogens is 2. The van der Waals surface area contributed by atoms with Crippen molar-refractivity contribution in [3.05, 3.63) is 59.1 Å². The van der Waals surface area contributed by atoms with Crippen molar-refractivity contribution in [2.24, 2.45) is 23.2 Å². The van der Waals surface area contributed by atoms with Gasteiger partial charge in [-0.15, -0.1) is 0 Å². The van der Waals surface area contributed by atoms with Gasteiger partial charge < -0.3 is 10.4 Å². The van der Waals surface area contributed by atoms with Gasteiger partial charge in [0.2, 0.25) is 5.91 Å². The quantitative estimate of drug-likeness (QED) is 0.552. The number of anilines is 1. The SMILES string of the molecule is O=C(O)/C=C/c1ccc(CN2CCc3c(ncnc3NC(=O)CC34CC5CC(CC(C5)C3)C4)C2)cc1. The fourth-order valence-corrected chi connectivity index (χ4v) is 7.83. The maximum atomic E-state index is 13.2. The summed E-state index contributed by atoms with van der Waals surface area (Å²) in [7, 11) is 0. The highest BCUT2D eigenvalue weighted by atomic mass is 16.4. The summed E-state index contributed by atoms with van der Waals surface area (Å²) in [6.45, 7) is 2.38. The van der Waals surface area contributed by atoms with Crippen LogP contribution < -0.4 is 5.32 Å². The average molecular weight is 487 g/mol. The van der Waals surface area contributed by atoms with Gasteiger partial charge in [-0.2, -0.15) is 0 Å². The molecule has 7 nitrogen and oxygen atoms in total. The molecule has 4 fully saturated rings. The molecule has 7 rings (SSSR count). The van der Waals surface area contributed by atoms with Crippen LogP contribution in [0.4, 0.5) is 5.82 Å². The first-order valence-electron chi connectivity index (χ1n) is 13.3. The standard InChI is InChI=1S/C29H34N4O3/c34-26(15-29-12-21-9-22(13-29)11-23(10-21)14-29)32-28-24-7-8-33(17-25(24)30-18-31-28)16-20-3-1-19(2-4-20)5-6-27(35)36/h1-6,18,21-23H,7-17H2,(H,35,36)(H,30,31,32,34)/b6-5+. The lowest BCUT2D eigenvalue weighted by Gasteiger charge is -2.56. The summed E-state index contributed by atoms with van der Waals surface area (Å²) in [5.41, 5.74) is 4.32. The topological polar surface area (TPSA) is 95.4 Å². The smallest absolute Gasteiger partial charge is 0.328 e. The number of carboxylic acid groups (broad SMARTS) is 1. The molecule has 188 valence electrons. The van der Waals surface area contributed by atoms with Crippen molar-refractivity contribution in [1.29, 1.82) is 0 Å². The van der Waals surface area contributed by atoms with E-state index in [1.807, 2.05) is 24.3 Å². The molecule has 5 aliphatic rings. The minimum atomic E-state index is -0.948. The van der Waals surface area contributed by atoms with E-state index in [1.165, 1.54) is 44.1 Å². The number of carboxylic acids is 1. The molecule has 0 spiro atoms. The van der Waals surface area contributed by atoms with E-state index in [0.29, 0.717) is 12.2 Å². The molecule has 4 saturated carbocycles. The number of amides is 1. The summed E-state index contributed by atoms with van der Waals surface area (Å²) in [6.07, 6.45) is 13.7. The second kappa shape index (κ2) is 9.43. The zero-order chi connectivity index (χ0) is 24.7. The Morgan fingerprint density at radius 1 is 1.06 bits per heavy atom. The molecular formula is C29H34N4O3. The fraction of sp³-hybridized carbons (Fsp3) is 0.517. The van der Waals surface area contributed by atoms with Crippen LogP contribution in [0, 0.1) is 23.2 Å². The molecule has 0 saturated heterocycles. The van der Waals surface area contributed by atoms with Gasteiger partial charge in [0, 0.05) is 37.7 Å². The molecular weight excluding hydrogens is 452 g/mol. The number of nitrogens with zero attached hydrogens (tertiary/aromatic N) is 3. The molecule has 0 atom stereocenters. The van der Waals surface area contributed by atoms with E-state index >= 15 is 0 Å². The van der Waals surface area contributed by atoms with Crippen LogP contribution in [0.15, 0.2) is 36.7 Å². The van der Waals surface area contributed by atoms with E-state index in [1.54, 1.807) is 12.4 Å². The molecule has 4 aliphatic carbocycles. The predicted molar refractivity (Wildman–Crippen MR) is 137 cm³/mol. The summed E-state index contributed by atoms with van der Waals surface area (Å²) in [4.78, 5) is 35.2. The molecule has 2 aromatic rings. The van der Waals surface area contributed by atoms with Gasteiger partial charge in [0.1, 0.15) is 12.1 Å². The maximum Gasteiger partial charge on any atom is 0.328 e. The number of rotatable bonds is 7. The Bertz CT molecular complexity index is 1150. The Morgan fingerprint density at radius 3 is 2.42 bits per heavy atom. The number of hydrogen-bond donors (Lipinski definition) is 2. The minimum Gasteiger partial charge on any atom is -0.478 e. The van der Waals surface area contributed by atoms with Crippen LogP contribution in [0.1, 0.15) is 67.3 Å². The Hall–Kier alpha value is -3.06. The zero-order valence-corrected chi connectivity index (χ0v) is 20.7. The molecule has 1 amide bonds. The number of fused-ring (bicyclic) bond motifs is 1. The lowest BCUT2D eigenvalue weighted by molar-refractivity contribution is -0.131. The minimum absolute atomic E-state index is 0.123. The Kier molecular flexibility index (Phi) is 6.12. The van der Waals surface area contributed by atoms with E-state index in [9.17, 15) is 9.59 Å². The summed E-state index contributed by atoms with van der Waals surface area (Å²) in [5.74, 6) is 2.41. The lowest BCUT2D eigenvalue weighted by Crippen LogP contribution is -2.47. The maximum absolute atomic E-state index is 13.2. The Balaban J connectivity index is 1.08. The lowest BCUT2D eigenvalue weighted by atomic mass is 9.49. The third-order valence-corrected chi connectivity index (χ3v) is 8.85. The van der Waals surface area contributed by atoms with Gasteiger partial charge in [0.15, 0.2) is 0 Å². The van der Waals surface area contributed by atoms with Gasteiger partial charge in [-0.3, -0.25) is 9.69 Å². The zero-order valence-electron chi connectivity index (χ0n) is 20.7. The van der Waals surface area contributed by atoms with Crippen LogP contribution in [-0.4, -0.2) is 38.4 Å². The predicted octanol–water partition coefficient (Wildman–Crippen LogP) is 4.68. The van der Waals surface area contributed by atoms with Gasteiger partial charge in [0.25, 0.3) is 0 Å². The van der Waals surface area contributed by atoms with Gasteiger partial charge in [0.05, 0.1) is 5.69 Å². The summed E-state index contributed by atoms with van der Waals surface area (Å²) in [6, 6.07) is 7.94. The molecule has 2 N–H and O–H groups in total. The fourth-order valence-electron chi connectivity index (χ4n) is 7.83. The highest BCUT2D eigenvalue weighted by Crippen LogP contribution is 2.61. The van der Waals surface area contributed by atoms with Crippen LogP contribution in [0.3, 0.4) is 0 Å². The van der Waals surface area contributed by atoms with Gasteiger partial charge in [-0.25, -0.2) is 14.8 Å². The molecule has 1 aromatic carbocycles. The molecule has 0 radical (unpaired) electrons. The van der Waals surface area contributed by atoms with Crippen LogP contribution in [-0.2, 0) is 29.1 Å². The van der Waals surface area contributed by atoms with E-state index in [-0.39, 0.29) is 11.3 Å². The highest BCUT2D eigenvalue weighted by molar-refractivity contribution is 5.91. The molecule has 1 aliphatic heterocycles. The average Bonchev–Trinajstić information content (AvgIpc) is 2.82. The molecule has 4 bridgehead atoms. The van der Waals surface area contributed by atoms with Crippen molar-refractivity contribution in [2.45, 2.75) is 64.5 Å². The van der Waals surface area contributed by atoms with Crippen molar-refractivity contribution < 1.29 is 14.7 Å². The van der Waals surface area contributed by atoms with Crippen LogP contribution in [0.2, 0.25) is 0 Å². The first kappa shape index (κ1) is 23.3. The van der Waals surface area contributed by atoms with Crippen molar-refractivity contribution in [3.8, 4) is 0 Å². The van der Waals surface area contributed by atoms with E-state index in [0.717, 1.165) is 66.7 Å². The largest absolute Gasteiger partial charge is 0.478 e. The second-order valence-electron chi connectivity index (χ2n) is 11.7. The van der Waals surface area contributed by atoms with Crippen molar-refractivity contribution in [1.82, 2.24) is 14.9 Å². The molecule has 1 aromatic heterocycles. The van der Waals surface area contributed by atoms with Gasteiger partial charge in [-0.1, -0.05) is 24.3 Å². The summed E-state index contributed by atoms with van der Waals surface area (Å²) >= 11 is 0. The van der Waals surface area contributed by atoms with Crippen molar-refractivity contribution >= 4 is 23.8 Å². The summed E-state index contributed by atoms with van der Waals surface area (Å²) in [5, 5.41) is 12.0. The normalized spacial score (nSPS) is 28.8. The Labute approximate surface area is 212 Å². The summed E-state index contributed by atoms with van der Waals surface area (Å²) < 4.78 is 0. The number of aliphatic carboxylic acids is 1. The van der Waals surface area contributed by atoms with Crippen molar-refractivity contribution in [3.63, 3.8) is 0 Å². The molecule has 2 heterocycles. The first-order valence-corrected chi connectivity index (χ1v) is 13.3. The van der Waals surface area contributed by atoms with Gasteiger partial charge in [-0.05, 0) is 85.3 Å². The van der Waals surface area contributed by atoms with E-state index < -0.39 is 5.97 Å². The highest BCUT2D eigenvalue weighted by Gasteiger charge is 2.51. The molecule has 0 unspecified atom stereocenters. The Morgan fingerprint density at radius 2 is 1.75 bits per heavy atom. The van der Waals surface area contributed by atoms with E-state index in [2.05, 4.69) is 20.2 Å². The van der Waals surface area contributed by atoms with E-state index in [4.69, 9.17) is 5.11 Å². The first-order chi connectivity index (χ1) is 17.4. The van der Waals surface area contributed by atoms with Crippen molar-refractivity contribution in [2.75, 3.05) is 11.9 Å². The number of benzene rings is 1. The third kappa shape index (κ3) is 4.94. The molecule has 36 heavy (non-hydrogen) atoms. The number of hydrogen-bond acceptors (Lipinski definition) is 5. The van der Waals surface area contributed by atoms with Crippen LogP contribution >= 0.6 is 0 Å². The van der Waals surface area contributed by atoms with Crippen LogP contribution in [0.25, 0.3) is 6.08 Å². The second-order valence-corrected chi connectivity index (χ2v) is 11.7. The molecule has 7 heteroatoms. The monoisotopic (exact) mass is 486 g/mol. The number of carbonyl (C=O) groups is 2. The van der Waals surface area contributed by atoms with Gasteiger partial charge >= 0.3 is 5.97 Å². The third-order valence-electron chi connectivity index (χ3n) is 8.85. The van der Waals surface area contributed by atoms with Crippen LogP contribution in [0.5, 0.6) is 0 Å². The number of carbonyl (C=O) groups excluding carboxylic acids is 1. The number of nitrogens with one attached hydrogen (secondary N) is 1.